The molecule has 1 aliphatic carbocycles. The van der Waals surface area contributed by atoms with Gasteiger partial charge in [0.1, 0.15) is 4.88 Å². The second-order valence-corrected chi connectivity index (χ2v) is 13.4. The summed E-state index contributed by atoms with van der Waals surface area (Å²) in [5.74, 6) is 5.38. The van der Waals surface area contributed by atoms with Crippen molar-refractivity contribution in [2.75, 3.05) is 24.2 Å². The number of aromatic carboxylic acids is 1. The van der Waals surface area contributed by atoms with Crippen LogP contribution in [0.5, 0.6) is 0 Å². The highest BCUT2D eigenvalue weighted by Gasteiger charge is 2.40. The first-order valence-corrected chi connectivity index (χ1v) is 14.1. The number of carboxylic acid groups (broad SMARTS) is 1. The van der Waals surface area contributed by atoms with Gasteiger partial charge >= 0.3 is 5.97 Å². The van der Waals surface area contributed by atoms with Gasteiger partial charge in [-0.2, -0.15) is 0 Å². The first kappa shape index (κ1) is 25.7. The topological polar surface area (TPSA) is 95.0 Å². The lowest BCUT2D eigenvalue weighted by molar-refractivity contribution is -0.124. The standard InChI is InChI=1S/C24H34N2O5S2/c1-16-6-8-17(9-7-16)22(27)26(18-11-13-25(15-18)33(5,30)31)20-14-19(10-12-24(2,3)4)32-21(20)23(28)29/h14,16-18H,6-9,11,13,15H2,1-5H3,(H,28,29)/t16-,17-,18-/m1/s1. The van der Waals surface area contributed by atoms with Gasteiger partial charge in [-0.05, 0) is 64.9 Å². The van der Waals surface area contributed by atoms with Crippen LogP contribution in [-0.2, 0) is 14.8 Å². The van der Waals surface area contributed by atoms with Crippen molar-refractivity contribution in [3.8, 4) is 11.8 Å². The Hall–Kier alpha value is -1.89. The largest absolute Gasteiger partial charge is 0.477 e. The summed E-state index contributed by atoms with van der Waals surface area (Å²) >= 11 is 1.07. The van der Waals surface area contributed by atoms with E-state index in [1.54, 1.807) is 11.0 Å². The molecule has 182 valence electrons. The second kappa shape index (κ2) is 9.77. The van der Waals surface area contributed by atoms with E-state index in [1.165, 1.54) is 4.31 Å². The van der Waals surface area contributed by atoms with Crippen LogP contribution in [-0.4, -0.2) is 55.1 Å². The molecule has 2 fully saturated rings. The van der Waals surface area contributed by atoms with Crippen molar-refractivity contribution < 1.29 is 23.1 Å². The number of hydrogen-bond donors (Lipinski definition) is 1. The zero-order valence-corrected chi connectivity index (χ0v) is 21.7. The average Bonchev–Trinajstić information content (AvgIpc) is 3.34. The Labute approximate surface area is 201 Å². The molecule has 0 bridgehead atoms. The summed E-state index contributed by atoms with van der Waals surface area (Å²) in [6, 6.07) is 1.29. The number of thiophene rings is 1. The molecular formula is C24H34N2O5S2. The molecule has 1 aliphatic heterocycles. The van der Waals surface area contributed by atoms with Crippen LogP contribution in [0.1, 0.15) is 74.3 Å². The number of sulfonamides is 1. The maximum absolute atomic E-state index is 13.8. The fraction of sp³-hybridized carbons (Fsp3) is 0.667. The summed E-state index contributed by atoms with van der Waals surface area (Å²) < 4.78 is 25.6. The van der Waals surface area contributed by atoms with Crippen molar-refractivity contribution in [2.24, 2.45) is 17.3 Å². The van der Waals surface area contributed by atoms with Gasteiger partial charge in [-0.1, -0.05) is 18.8 Å². The van der Waals surface area contributed by atoms with Crippen molar-refractivity contribution in [3.63, 3.8) is 0 Å². The molecule has 2 heterocycles. The summed E-state index contributed by atoms with van der Waals surface area (Å²) in [6.07, 6.45) is 5.09. The molecule has 1 N–H and O–H groups in total. The lowest BCUT2D eigenvalue weighted by Gasteiger charge is -2.34. The quantitative estimate of drug-likeness (QED) is 0.624. The van der Waals surface area contributed by atoms with E-state index in [0.717, 1.165) is 43.3 Å². The van der Waals surface area contributed by atoms with Crippen molar-refractivity contribution in [1.29, 1.82) is 0 Å². The summed E-state index contributed by atoms with van der Waals surface area (Å²) in [7, 11) is -3.40. The normalized spacial score (nSPS) is 24.2. The summed E-state index contributed by atoms with van der Waals surface area (Å²) in [4.78, 5) is 28.2. The Morgan fingerprint density at radius 3 is 2.33 bits per heavy atom. The molecule has 0 unspecified atom stereocenters. The van der Waals surface area contributed by atoms with Crippen molar-refractivity contribution in [2.45, 2.75) is 65.8 Å². The van der Waals surface area contributed by atoms with Crippen molar-refractivity contribution in [1.82, 2.24) is 4.31 Å². The van der Waals surface area contributed by atoms with Gasteiger partial charge in [-0.3, -0.25) is 4.79 Å². The van der Waals surface area contributed by atoms with Crippen molar-refractivity contribution in [3.05, 3.63) is 15.8 Å². The molecule has 0 aromatic carbocycles. The number of carbonyl (C=O) groups is 2. The third-order valence-electron chi connectivity index (χ3n) is 6.29. The van der Waals surface area contributed by atoms with Crippen LogP contribution in [0, 0.1) is 29.1 Å². The minimum atomic E-state index is -3.40. The molecule has 1 atom stereocenters. The van der Waals surface area contributed by atoms with Gasteiger partial charge in [0, 0.05) is 24.4 Å². The summed E-state index contributed by atoms with van der Waals surface area (Å²) in [6.45, 7) is 8.60. The van der Waals surface area contributed by atoms with Crippen LogP contribution in [0.25, 0.3) is 0 Å². The number of hydrogen-bond acceptors (Lipinski definition) is 5. The third kappa shape index (κ3) is 6.37. The van der Waals surface area contributed by atoms with E-state index in [9.17, 15) is 23.1 Å². The predicted octanol–water partition coefficient (Wildman–Crippen LogP) is 4.04. The van der Waals surface area contributed by atoms with Crippen molar-refractivity contribution >= 4 is 38.9 Å². The van der Waals surface area contributed by atoms with Gasteiger partial charge in [0.25, 0.3) is 0 Å². The third-order valence-corrected chi connectivity index (χ3v) is 8.59. The molecule has 1 saturated heterocycles. The van der Waals surface area contributed by atoms with E-state index in [2.05, 4.69) is 18.8 Å². The number of nitrogens with zero attached hydrogens (tertiary/aromatic N) is 2. The van der Waals surface area contributed by atoms with Crippen LogP contribution in [0.3, 0.4) is 0 Å². The minimum absolute atomic E-state index is 0.0727. The van der Waals surface area contributed by atoms with Crippen LogP contribution in [0.4, 0.5) is 5.69 Å². The first-order chi connectivity index (χ1) is 15.3. The molecule has 7 nitrogen and oxygen atoms in total. The van der Waals surface area contributed by atoms with Gasteiger partial charge in [-0.25, -0.2) is 17.5 Å². The van der Waals surface area contributed by atoms with Crippen LogP contribution >= 0.6 is 11.3 Å². The Morgan fingerprint density at radius 1 is 1.18 bits per heavy atom. The van der Waals surface area contributed by atoms with Crippen LogP contribution in [0.2, 0.25) is 0 Å². The molecule has 0 radical (unpaired) electrons. The highest BCUT2D eigenvalue weighted by Crippen LogP contribution is 2.38. The van der Waals surface area contributed by atoms with Gasteiger partial charge < -0.3 is 10.0 Å². The van der Waals surface area contributed by atoms with E-state index in [0.29, 0.717) is 29.4 Å². The van der Waals surface area contributed by atoms with Crippen LogP contribution < -0.4 is 4.90 Å². The van der Waals surface area contributed by atoms with E-state index in [4.69, 9.17) is 0 Å². The molecule has 3 rings (SSSR count). The predicted molar refractivity (Wildman–Crippen MR) is 131 cm³/mol. The van der Waals surface area contributed by atoms with E-state index >= 15 is 0 Å². The van der Waals surface area contributed by atoms with Crippen LogP contribution in [0.15, 0.2) is 6.07 Å². The van der Waals surface area contributed by atoms with Gasteiger partial charge in [0.15, 0.2) is 0 Å². The molecule has 2 aliphatic rings. The molecular weight excluding hydrogens is 460 g/mol. The minimum Gasteiger partial charge on any atom is -0.477 e. The van der Waals surface area contributed by atoms with Gasteiger partial charge in [-0.15, -0.1) is 11.3 Å². The SMILES string of the molecule is CC(C)(C)C#Cc1cc(N(C(=O)[C@H]2CC[C@H](C)CC2)[C@@H]2CCN(S(C)(=O)=O)C2)c(C(=O)O)s1. The summed E-state index contributed by atoms with van der Waals surface area (Å²) in [5.41, 5.74) is 0.0955. The number of anilines is 1. The number of carbonyl (C=O) groups excluding carboxylic acids is 1. The maximum Gasteiger partial charge on any atom is 0.348 e. The first-order valence-electron chi connectivity index (χ1n) is 11.4. The number of carboxylic acids is 1. The van der Waals surface area contributed by atoms with E-state index in [-0.39, 0.29) is 28.7 Å². The van der Waals surface area contributed by atoms with E-state index < -0.39 is 22.0 Å². The molecule has 1 aromatic rings. The molecule has 33 heavy (non-hydrogen) atoms. The molecule has 0 spiro atoms. The molecule has 1 amide bonds. The smallest absolute Gasteiger partial charge is 0.348 e. The lowest BCUT2D eigenvalue weighted by atomic mass is 9.82. The zero-order valence-electron chi connectivity index (χ0n) is 20.1. The molecule has 9 heteroatoms. The zero-order chi connectivity index (χ0) is 24.6. The monoisotopic (exact) mass is 494 g/mol. The summed E-state index contributed by atoms with van der Waals surface area (Å²) in [5, 5.41) is 9.92. The van der Waals surface area contributed by atoms with E-state index in [1.807, 2.05) is 20.8 Å². The highest BCUT2D eigenvalue weighted by atomic mass is 32.2. The second-order valence-electron chi connectivity index (χ2n) is 10.4. The molecule has 1 aromatic heterocycles. The lowest BCUT2D eigenvalue weighted by Crippen LogP contribution is -2.46. The fourth-order valence-electron chi connectivity index (χ4n) is 4.45. The fourth-order valence-corrected chi connectivity index (χ4v) is 6.17. The highest BCUT2D eigenvalue weighted by molar-refractivity contribution is 7.88. The maximum atomic E-state index is 13.8. The number of rotatable bonds is 5. The Morgan fingerprint density at radius 2 is 1.82 bits per heavy atom. The Kier molecular flexibility index (Phi) is 7.62. The number of amides is 1. The van der Waals surface area contributed by atoms with Gasteiger partial charge in [0.2, 0.25) is 15.9 Å². The van der Waals surface area contributed by atoms with Gasteiger partial charge in [0.05, 0.1) is 22.9 Å². The Bertz CT molecular complexity index is 1070. The Balaban J connectivity index is 2.03. The molecule has 1 saturated carbocycles. The average molecular weight is 495 g/mol.